The molecule has 1 heterocycles. The fraction of sp³-hybridized carbons (Fsp3) is 0.231. The van der Waals surface area contributed by atoms with Crippen LogP contribution in [0, 0.1) is 0 Å². The Morgan fingerprint density at radius 3 is 2.65 bits per heavy atom. The van der Waals surface area contributed by atoms with E-state index in [9.17, 15) is 18.0 Å². The topological polar surface area (TPSA) is 62.2 Å². The molecule has 0 aliphatic rings. The fourth-order valence-electron chi connectivity index (χ4n) is 1.77. The van der Waals surface area contributed by atoms with Crippen LogP contribution in [0.1, 0.15) is 16.9 Å². The Kier molecular flexibility index (Phi) is 3.78. The van der Waals surface area contributed by atoms with Crippen molar-refractivity contribution in [1.82, 2.24) is 4.98 Å². The summed E-state index contributed by atoms with van der Waals surface area (Å²) in [7, 11) is 0. The molecule has 0 aliphatic carbocycles. The third-order valence-electron chi connectivity index (χ3n) is 2.66. The first-order valence-corrected chi connectivity index (χ1v) is 5.80. The van der Waals surface area contributed by atoms with Crippen molar-refractivity contribution in [3.8, 4) is 0 Å². The predicted molar refractivity (Wildman–Crippen MR) is 67.9 cm³/mol. The van der Waals surface area contributed by atoms with Gasteiger partial charge in [-0.05, 0) is 11.5 Å². The summed E-state index contributed by atoms with van der Waals surface area (Å²) < 4.78 is 36.4. The summed E-state index contributed by atoms with van der Waals surface area (Å²) in [5, 5.41) is 12.7. The second-order valence-electron chi connectivity index (χ2n) is 4.17. The monoisotopic (exact) mass is 284 g/mol. The van der Waals surface area contributed by atoms with E-state index < -0.39 is 18.6 Å². The molecule has 0 bridgehead atoms. The summed E-state index contributed by atoms with van der Waals surface area (Å²) in [5.74, 6) is -1.08. The molecule has 20 heavy (non-hydrogen) atoms. The Balaban J connectivity index is 2.32. The van der Waals surface area contributed by atoms with E-state index in [2.05, 4.69) is 10.3 Å². The Morgan fingerprint density at radius 2 is 2.00 bits per heavy atom. The van der Waals surface area contributed by atoms with Crippen molar-refractivity contribution < 1.29 is 23.1 Å². The normalized spacial score (nSPS) is 11.6. The van der Waals surface area contributed by atoms with Crippen LogP contribution < -0.4 is 5.32 Å². The van der Waals surface area contributed by atoms with E-state index >= 15 is 0 Å². The maximum atomic E-state index is 12.1. The summed E-state index contributed by atoms with van der Waals surface area (Å²) in [6.45, 7) is -0.358. The zero-order chi connectivity index (χ0) is 14.8. The van der Waals surface area contributed by atoms with Crippen LogP contribution in [0.25, 0.3) is 10.8 Å². The molecule has 2 rings (SSSR count). The minimum Gasteiger partial charge on any atom is -0.477 e. The number of carbonyl (C=O) groups is 1. The van der Waals surface area contributed by atoms with E-state index in [0.717, 1.165) is 0 Å². The van der Waals surface area contributed by atoms with Gasteiger partial charge in [0.15, 0.2) is 5.69 Å². The first-order chi connectivity index (χ1) is 9.37. The number of pyridine rings is 1. The minimum atomic E-state index is -4.27. The lowest BCUT2D eigenvalue weighted by molar-refractivity contribution is -0.131. The molecular weight excluding hydrogens is 273 g/mol. The predicted octanol–water partition coefficient (Wildman–Crippen LogP) is 3.30. The number of nitrogens with zero attached hydrogens (tertiary/aromatic N) is 1. The molecule has 1 aromatic heterocycles. The number of anilines is 1. The number of carboxylic acid groups (broad SMARTS) is 1. The molecule has 0 amide bonds. The van der Waals surface area contributed by atoms with Gasteiger partial charge in [0.2, 0.25) is 0 Å². The Labute approximate surface area is 112 Å². The van der Waals surface area contributed by atoms with E-state index in [-0.39, 0.29) is 18.1 Å². The van der Waals surface area contributed by atoms with Gasteiger partial charge in [-0.2, -0.15) is 13.2 Å². The highest BCUT2D eigenvalue weighted by molar-refractivity contribution is 5.97. The van der Waals surface area contributed by atoms with Gasteiger partial charge in [-0.25, -0.2) is 9.78 Å². The molecule has 0 saturated heterocycles. The number of fused-ring (bicyclic) bond motifs is 1. The molecule has 106 valence electrons. The largest absolute Gasteiger partial charge is 0.477 e. The number of aromatic carboxylic acids is 1. The Hall–Kier alpha value is -2.31. The van der Waals surface area contributed by atoms with Crippen molar-refractivity contribution in [1.29, 1.82) is 0 Å². The van der Waals surface area contributed by atoms with E-state index in [1.54, 1.807) is 24.3 Å². The van der Waals surface area contributed by atoms with Crippen LogP contribution in [0.4, 0.5) is 19.0 Å². The van der Waals surface area contributed by atoms with E-state index in [1.165, 1.54) is 6.07 Å². The number of nitrogens with one attached hydrogen (secondary N) is 1. The first kappa shape index (κ1) is 14.1. The van der Waals surface area contributed by atoms with E-state index in [0.29, 0.717) is 10.8 Å². The number of aromatic nitrogens is 1. The van der Waals surface area contributed by atoms with Gasteiger partial charge >= 0.3 is 12.1 Å². The number of rotatable bonds is 4. The van der Waals surface area contributed by atoms with Crippen molar-refractivity contribution in [2.75, 3.05) is 11.9 Å². The third-order valence-corrected chi connectivity index (χ3v) is 2.66. The second-order valence-corrected chi connectivity index (χ2v) is 4.17. The van der Waals surface area contributed by atoms with Gasteiger partial charge in [-0.1, -0.05) is 24.3 Å². The number of alkyl halides is 3. The van der Waals surface area contributed by atoms with E-state index in [4.69, 9.17) is 5.11 Å². The Morgan fingerprint density at radius 1 is 1.30 bits per heavy atom. The van der Waals surface area contributed by atoms with Gasteiger partial charge < -0.3 is 10.4 Å². The van der Waals surface area contributed by atoms with E-state index in [1.807, 2.05) is 0 Å². The molecule has 0 spiro atoms. The molecule has 2 N–H and O–H groups in total. The number of benzene rings is 1. The molecule has 2 aromatic rings. The molecule has 7 heteroatoms. The summed E-state index contributed by atoms with van der Waals surface area (Å²) in [6, 6.07) is 8.15. The molecule has 0 unspecified atom stereocenters. The van der Waals surface area contributed by atoms with Crippen molar-refractivity contribution in [2.45, 2.75) is 12.6 Å². The lowest BCUT2D eigenvalue weighted by Crippen LogP contribution is -2.16. The lowest BCUT2D eigenvalue weighted by Gasteiger charge is -2.11. The van der Waals surface area contributed by atoms with Crippen LogP contribution in [0.3, 0.4) is 0 Å². The minimum absolute atomic E-state index is 0.143. The summed E-state index contributed by atoms with van der Waals surface area (Å²) in [5.41, 5.74) is -0.210. The third kappa shape index (κ3) is 3.37. The average Bonchev–Trinajstić information content (AvgIpc) is 2.36. The fourth-order valence-corrected chi connectivity index (χ4v) is 1.77. The van der Waals surface area contributed by atoms with Crippen LogP contribution in [0.2, 0.25) is 0 Å². The summed E-state index contributed by atoms with van der Waals surface area (Å²) >= 11 is 0. The summed E-state index contributed by atoms with van der Waals surface area (Å²) in [6.07, 6.45) is -5.28. The van der Waals surface area contributed by atoms with Gasteiger partial charge in [0, 0.05) is 11.9 Å². The highest BCUT2D eigenvalue weighted by Gasteiger charge is 2.26. The first-order valence-electron chi connectivity index (χ1n) is 5.80. The van der Waals surface area contributed by atoms with Gasteiger partial charge in [0.05, 0.1) is 6.42 Å². The van der Waals surface area contributed by atoms with Crippen molar-refractivity contribution >= 4 is 22.6 Å². The van der Waals surface area contributed by atoms with Gasteiger partial charge in [-0.15, -0.1) is 0 Å². The Bertz CT molecular complexity index is 641. The molecule has 0 aliphatic heterocycles. The molecule has 0 radical (unpaired) electrons. The zero-order valence-corrected chi connectivity index (χ0v) is 10.2. The SMILES string of the molecule is O=C(O)c1cc2ccccc2c(NCCC(F)(F)F)n1. The second kappa shape index (κ2) is 5.36. The highest BCUT2D eigenvalue weighted by Crippen LogP contribution is 2.24. The molecule has 0 saturated carbocycles. The van der Waals surface area contributed by atoms with Crippen LogP contribution in [0.15, 0.2) is 30.3 Å². The molecule has 4 nitrogen and oxygen atoms in total. The van der Waals surface area contributed by atoms with Crippen molar-refractivity contribution in [3.63, 3.8) is 0 Å². The van der Waals surface area contributed by atoms with Crippen LogP contribution in [0.5, 0.6) is 0 Å². The standard InChI is InChI=1S/C13H11F3N2O2/c14-13(15,16)5-6-17-11-9-4-2-1-3-8(9)7-10(18-11)12(19)20/h1-4,7H,5-6H2,(H,17,18)(H,19,20). The maximum absolute atomic E-state index is 12.1. The molecular formula is C13H11F3N2O2. The van der Waals surface area contributed by atoms with Crippen LogP contribution >= 0.6 is 0 Å². The van der Waals surface area contributed by atoms with Crippen molar-refractivity contribution in [3.05, 3.63) is 36.0 Å². The van der Waals surface area contributed by atoms with Gasteiger partial charge in [0.1, 0.15) is 5.82 Å². The van der Waals surface area contributed by atoms with Crippen molar-refractivity contribution in [2.24, 2.45) is 0 Å². The smallest absolute Gasteiger partial charge is 0.390 e. The zero-order valence-electron chi connectivity index (χ0n) is 10.2. The number of carboxylic acids is 1. The van der Waals surface area contributed by atoms with Crippen LogP contribution in [-0.4, -0.2) is 28.8 Å². The number of hydrogen-bond acceptors (Lipinski definition) is 3. The van der Waals surface area contributed by atoms with Gasteiger partial charge in [0.25, 0.3) is 0 Å². The maximum Gasteiger partial charge on any atom is 0.390 e. The lowest BCUT2D eigenvalue weighted by atomic mass is 10.1. The van der Waals surface area contributed by atoms with Crippen LogP contribution in [-0.2, 0) is 0 Å². The molecule has 0 fully saturated rings. The highest BCUT2D eigenvalue weighted by atomic mass is 19.4. The van der Waals surface area contributed by atoms with Gasteiger partial charge in [-0.3, -0.25) is 0 Å². The quantitative estimate of drug-likeness (QED) is 0.904. The molecule has 1 aromatic carbocycles. The average molecular weight is 284 g/mol. The number of hydrogen-bond donors (Lipinski definition) is 2. The number of halogens is 3. The molecule has 0 atom stereocenters. The summed E-state index contributed by atoms with van der Waals surface area (Å²) in [4.78, 5) is 14.8.